The lowest BCUT2D eigenvalue weighted by molar-refractivity contribution is 0.198. The summed E-state index contributed by atoms with van der Waals surface area (Å²) in [6.45, 7) is 2.00. The maximum atomic E-state index is 9.18. The molecule has 0 saturated carbocycles. The van der Waals surface area contributed by atoms with Crippen LogP contribution in [0, 0.1) is 0 Å². The third kappa shape index (κ3) is 15.7. The summed E-state index contributed by atoms with van der Waals surface area (Å²) >= 11 is 0. The predicted octanol–water partition coefficient (Wildman–Crippen LogP) is 0.226. The van der Waals surface area contributed by atoms with Crippen LogP contribution >= 0.6 is 10.7 Å². The summed E-state index contributed by atoms with van der Waals surface area (Å²) in [7, 11) is 0.586. The lowest BCUT2D eigenvalue weighted by atomic mass is 10.4. The van der Waals surface area contributed by atoms with Gasteiger partial charge in [0.15, 0.2) is 0 Å². The topological polar surface area (TPSA) is 69.4 Å². The smallest absolute Gasteiger partial charge is 0.294 e. The minimum atomic E-state index is -3.69. The molecule has 1 aliphatic heterocycles. The molecule has 0 aromatic carbocycles. The van der Waals surface area contributed by atoms with Crippen LogP contribution in [0.1, 0.15) is 12.8 Å². The Morgan fingerprint density at radius 2 is 1.60 bits per heavy atom. The number of ether oxygens (including phenoxy) is 1. The molecule has 0 bridgehead atoms. The number of hydrogen-bond donors (Lipinski definition) is 1. The standard InChI is InChI=1S/C4H8O.ClH2NO2S/c1-2-4-5-3-1;1-5(2,3)4/h1-4H2;(H2,2,3,4). The molecule has 0 aromatic rings. The maximum Gasteiger partial charge on any atom is 0.294 e. The van der Waals surface area contributed by atoms with Crippen LogP contribution in [-0.4, -0.2) is 21.6 Å². The van der Waals surface area contributed by atoms with Crippen LogP contribution < -0.4 is 5.14 Å². The zero-order chi connectivity index (χ0) is 8.04. The van der Waals surface area contributed by atoms with Gasteiger partial charge in [0.05, 0.1) is 0 Å². The first-order valence-electron chi connectivity index (χ1n) is 2.80. The summed E-state index contributed by atoms with van der Waals surface area (Å²) in [5.74, 6) is 0. The second-order valence-corrected chi connectivity index (χ2v) is 4.04. The molecule has 0 aliphatic carbocycles. The fourth-order valence-electron chi connectivity index (χ4n) is 0.510. The lowest BCUT2D eigenvalue weighted by Crippen LogP contribution is -2.00. The number of halogens is 1. The fraction of sp³-hybridized carbons (Fsp3) is 1.00. The van der Waals surface area contributed by atoms with Gasteiger partial charge in [0, 0.05) is 23.9 Å². The van der Waals surface area contributed by atoms with E-state index in [0.717, 1.165) is 13.2 Å². The molecule has 1 heterocycles. The van der Waals surface area contributed by atoms with Crippen LogP contribution in [0.2, 0.25) is 0 Å². The van der Waals surface area contributed by atoms with Gasteiger partial charge in [-0.2, -0.15) is 8.42 Å². The van der Waals surface area contributed by atoms with Gasteiger partial charge in [-0.05, 0) is 12.8 Å². The van der Waals surface area contributed by atoms with Crippen LogP contribution in [0.15, 0.2) is 0 Å². The highest BCUT2D eigenvalue weighted by Crippen LogP contribution is 1.98. The van der Waals surface area contributed by atoms with Crippen molar-refractivity contribution in [3.8, 4) is 0 Å². The molecule has 0 amide bonds. The summed E-state index contributed by atoms with van der Waals surface area (Å²) in [5.41, 5.74) is 0. The molecule has 0 aromatic heterocycles. The van der Waals surface area contributed by atoms with Crippen molar-refractivity contribution in [2.24, 2.45) is 5.14 Å². The first-order chi connectivity index (χ1) is 4.50. The van der Waals surface area contributed by atoms with E-state index >= 15 is 0 Å². The molecule has 1 saturated heterocycles. The Morgan fingerprint density at radius 1 is 1.30 bits per heavy atom. The molecule has 1 aliphatic rings. The fourth-order valence-corrected chi connectivity index (χ4v) is 0.510. The molecule has 2 N–H and O–H groups in total. The highest BCUT2D eigenvalue weighted by molar-refractivity contribution is 8.11. The lowest BCUT2D eigenvalue weighted by Gasteiger charge is -1.76. The molecular weight excluding hydrogens is 178 g/mol. The van der Waals surface area contributed by atoms with Crippen LogP contribution in [0.5, 0.6) is 0 Å². The minimum Gasteiger partial charge on any atom is -0.381 e. The Balaban J connectivity index is 0.000000162. The van der Waals surface area contributed by atoms with Crippen molar-refractivity contribution in [3.63, 3.8) is 0 Å². The predicted molar refractivity (Wildman–Crippen MR) is 39.0 cm³/mol. The van der Waals surface area contributed by atoms with E-state index < -0.39 is 9.24 Å². The molecule has 1 fully saturated rings. The monoisotopic (exact) mass is 187 g/mol. The molecule has 62 valence electrons. The van der Waals surface area contributed by atoms with Gasteiger partial charge in [0.2, 0.25) is 0 Å². The number of hydrogen-bond acceptors (Lipinski definition) is 3. The Kier molecular flexibility index (Phi) is 4.98. The molecule has 0 spiro atoms. The molecule has 1 rings (SSSR count). The molecule has 4 nitrogen and oxygen atoms in total. The van der Waals surface area contributed by atoms with E-state index in [1.165, 1.54) is 12.8 Å². The van der Waals surface area contributed by atoms with Gasteiger partial charge < -0.3 is 4.74 Å². The van der Waals surface area contributed by atoms with E-state index in [0.29, 0.717) is 0 Å². The minimum absolute atomic E-state index is 1.00. The van der Waals surface area contributed by atoms with Gasteiger partial charge in [0.1, 0.15) is 0 Å². The zero-order valence-corrected chi connectivity index (χ0v) is 6.99. The number of rotatable bonds is 0. The zero-order valence-electron chi connectivity index (χ0n) is 5.42. The number of nitrogens with two attached hydrogens (primary N) is 1. The Bertz CT molecular complexity index is 148. The van der Waals surface area contributed by atoms with Crippen LogP contribution in [0.25, 0.3) is 0 Å². The van der Waals surface area contributed by atoms with Crippen molar-refractivity contribution in [1.29, 1.82) is 0 Å². The molecule has 0 unspecified atom stereocenters. The summed E-state index contributed by atoms with van der Waals surface area (Å²) in [5, 5.41) is 4.09. The van der Waals surface area contributed by atoms with Crippen molar-refractivity contribution in [1.82, 2.24) is 0 Å². The van der Waals surface area contributed by atoms with Crippen LogP contribution in [0.3, 0.4) is 0 Å². The second-order valence-electron chi connectivity index (χ2n) is 1.80. The van der Waals surface area contributed by atoms with E-state index in [4.69, 9.17) is 4.74 Å². The summed E-state index contributed by atoms with van der Waals surface area (Å²) < 4.78 is 23.3. The van der Waals surface area contributed by atoms with Crippen LogP contribution in [-0.2, 0) is 14.0 Å². The van der Waals surface area contributed by atoms with Gasteiger partial charge in [-0.15, -0.1) is 0 Å². The highest BCUT2D eigenvalue weighted by Gasteiger charge is 1.94. The Hall–Kier alpha value is 0.160. The molecule has 0 radical (unpaired) electrons. The molecule has 10 heavy (non-hydrogen) atoms. The third-order valence-electron chi connectivity index (χ3n) is 0.827. The van der Waals surface area contributed by atoms with Gasteiger partial charge in [-0.1, -0.05) is 0 Å². The van der Waals surface area contributed by atoms with Crippen molar-refractivity contribution in [3.05, 3.63) is 0 Å². The van der Waals surface area contributed by atoms with Crippen molar-refractivity contribution < 1.29 is 13.2 Å². The van der Waals surface area contributed by atoms with Gasteiger partial charge in [0.25, 0.3) is 9.24 Å². The van der Waals surface area contributed by atoms with E-state index in [1.54, 1.807) is 0 Å². The van der Waals surface area contributed by atoms with Gasteiger partial charge in [-0.3, -0.25) is 0 Å². The Labute approximate surface area is 64.9 Å². The average Bonchev–Trinajstić information content (AvgIpc) is 2.07. The molecule has 0 atom stereocenters. The highest BCUT2D eigenvalue weighted by atomic mass is 35.7. The summed E-state index contributed by atoms with van der Waals surface area (Å²) in [6, 6.07) is 0. The quantitative estimate of drug-likeness (QED) is 0.552. The first-order valence-corrected chi connectivity index (χ1v) is 5.17. The first kappa shape index (κ1) is 10.2. The van der Waals surface area contributed by atoms with E-state index in [-0.39, 0.29) is 0 Å². The van der Waals surface area contributed by atoms with E-state index in [1.807, 2.05) is 0 Å². The summed E-state index contributed by atoms with van der Waals surface area (Å²) in [6.07, 6.45) is 2.56. The largest absolute Gasteiger partial charge is 0.381 e. The van der Waals surface area contributed by atoms with Crippen molar-refractivity contribution >= 4 is 19.9 Å². The van der Waals surface area contributed by atoms with E-state index in [2.05, 4.69) is 15.8 Å². The Morgan fingerprint density at radius 3 is 1.70 bits per heavy atom. The third-order valence-corrected chi connectivity index (χ3v) is 0.827. The summed E-state index contributed by atoms with van der Waals surface area (Å²) in [4.78, 5) is 0. The SMILES string of the molecule is C1CCOC1.NS(=O)(=O)Cl. The van der Waals surface area contributed by atoms with Crippen molar-refractivity contribution in [2.45, 2.75) is 12.8 Å². The van der Waals surface area contributed by atoms with Crippen LogP contribution in [0.4, 0.5) is 0 Å². The average molecular weight is 188 g/mol. The molecule has 6 heteroatoms. The normalized spacial score (nSPS) is 17.8. The van der Waals surface area contributed by atoms with Gasteiger partial charge in [-0.25, -0.2) is 5.14 Å². The molecular formula is C4H10ClNO3S. The second kappa shape index (κ2) is 4.90. The van der Waals surface area contributed by atoms with Crippen molar-refractivity contribution in [2.75, 3.05) is 13.2 Å². The maximum absolute atomic E-state index is 9.18. The van der Waals surface area contributed by atoms with Gasteiger partial charge >= 0.3 is 0 Å². The van der Waals surface area contributed by atoms with E-state index in [9.17, 15) is 8.42 Å².